The lowest BCUT2D eigenvalue weighted by molar-refractivity contribution is 0.0689. The molecule has 6 nitrogen and oxygen atoms in total. The molecule has 0 saturated heterocycles. The molecule has 2 heterocycles. The summed E-state index contributed by atoms with van der Waals surface area (Å²) in [6, 6.07) is 1.58. The Bertz CT molecular complexity index is 589. The van der Waals surface area contributed by atoms with Gasteiger partial charge in [-0.25, -0.2) is 9.48 Å². The highest BCUT2D eigenvalue weighted by atomic mass is 16.4. The van der Waals surface area contributed by atoms with Crippen LogP contribution in [0.2, 0.25) is 0 Å². The Hall–Kier alpha value is -2.50. The number of nitrogens with zero attached hydrogens (tertiary/aromatic N) is 3. The molecule has 2 aromatic heterocycles. The summed E-state index contributed by atoms with van der Waals surface area (Å²) in [5.74, 6) is -1.08. The first-order chi connectivity index (χ1) is 8.11. The van der Waals surface area contributed by atoms with Crippen LogP contribution in [0.1, 0.15) is 26.4 Å². The van der Waals surface area contributed by atoms with Crippen LogP contribution in [0.3, 0.4) is 0 Å². The number of pyridine rings is 1. The van der Waals surface area contributed by atoms with Gasteiger partial charge in [-0.2, -0.15) is 5.10 Å². The van der Waals surface area contributed by atoms with Gasteiger partial charge >= 0.3 is 5.97 Å². The number of carbonyl (C=O) groups is 2. The van der Waals surface area contributed by atoms with Crippen LogP contribution in [0.15, 0.2) is 24.7 Å². The minimum absolute atomic E-state index is 0.0125. The standard InChI is InChI=1S/C11H9N3O3/c1-7-5-14(13-10(7)11(16)17)9-2-8(6-15)3-12-4-9/h2-6H,1H3,(H,16,17). The van der Waals surface area contributed by atoms with Crippen molar-refractivity contribution in [2.24, 2.45) is 0 Å². The molecule has 0 amide bonds. The number of aromatic nitrogens is 3. The molecule has 0 aliphatic carbocycles. The first-order valence-electron chi connectivity index (χ1n) is 4.82. The Morgan fingerprint density at radius 1 is 1.47 bits per heavy atom. The summed E-state index contributed by atoms with van der Waals surface area (Å²) in [4.78, 5) is 25.3. The van der Waals surface area contributed by atoms with E-state index in [0.717, 1.165) is 0 Å². The molecule has 0 aliphatic rings. The van der Waals surface area contributed by atoms with Crippen LogP contribution in [-0.4, -0.2) is 32.1 Å². The highest BCUT2D eigenvalue weighted by Gasteiger charge is 2.13. The molecule has 6 heteroatoms. The molecule has 17 heavy (non-hydrogen) atoms. The Balaban J connectivity index is 2.49. The Morgan fingerprint density at radius 3 is 2.82 bits per heavy atom. The summed E-state index contributed by atoms with van der Waals surface area (Å²) in [7, 11) is 0. The minimum atomic E-state index is -1.08. The Morgan fingerprint density at radius 2 is 2.24 bits per heavy atom. The zero-order valence-corrected chi connectivity index (χ0v) is 8.99. The second kappa shape index (κ2) is 4.17. The predicted molar refractivity (Wildman–Crippen MR) is 58.4 cm³/mol. The van der Waals surface area contributed by atoms with Gasteiger partial charge in [-0.05, 0) is 13.0 Å². The van der Waals surface area contributed by atoms with Gasteiger partial charge in [-0.1, -0.05) is 0 Å². The summed E-state index contributed by atoms with van der Waals surface area (Å²) in [6.07, 6.45) is 5.18. The lowest BCUT2D eigenvalue weighted by Gasteiger charge is -2.00. The third-order valence-electron chi connectivity index (χ3n) is 2.25. The molecule has 0 atom stereocenters. The summed E-state index contributed by atoms with van der Waals surface area (Å²) in [5.41, 5.74) is 1.49. The molecule has 0 saturated carbocycles. The number of carboxylic acids is 1. The van der Waals surface area contributed by atoms with Crippen molar-refractivity contribution in [3.63, 3.8) is 0 Å². The van der Waals surface area contributed by atoms with E-state index >= 15 is 0 Å². The van der Waals surface area contributed by atoms with Gasteiger partial charge in [0.05, 0.1) is 11.9 Å². The van der Waals surface area contributed by atoms with Crippen LogP contribution in [0.25, 0.3) is 5.69 Å². The number of aldehydes is 1. The van der Waals surface area contributed by atoms with Crippen molar-refractivity contribution in [2.45, 2.75) is 6.92 Å². The van der Waals surface area contributed by atoms with E-state index in [1.54, 1.807) is 19.2 Å². The number of aryl methyl sites for hydroxylation is 1. The molecule has 0 aromatic carbocycles. The highest BCUT2D eigenvalue weighted by Crippen LogP contribution is 2.11. The fraction of sp³-hybridized carbons (Fsp3) is 0.0909. The van der Waals surface area contributed by atoms with Crippen molar-refractivity contribution < 1.29 is 14.7 Å². The molecule has 0 unspecified atom stereocenters. The second-order valence-corrected chi connectivity index (χ2v) is 3.50. The van der Waals surface area contributed by atoms with Crippen LogP contribution in [-0.2, 0) is 0 Å². The van der Waals surface area contributed by atoms with Gasteiger partial charge < -0.3 is 5.11 Å². The van der Waals surface area contributed by atoms with Gasteiger partial charge in [0.1, 0.15) is 0 Å². The lowest BCUT2D eigenvalue weighted by atomic mass is 10.3. The normalized spacial score (nSPS) is 10.2. The Labute approximate surface area is 96.5 Å². The first kappa shape index (κ1) is 11.0. The van der Waals surface area contributed by atoms with Crippen molar-refractivity contribution in [1.82, 2.24) is 14.8 Å². The predicted octanol–water partition coefficient (Wildman–Crippen LogP) is 1.09. The van der Waals surface area contributed by atoms with E-state index in [1.165, 1.54) is 17.1 Å². The summed E-state index contributed by atoms with van der Waals surface area (Å²) in [5, 5.41) is 12.8. The lowest BCUT2D eigenvalue weighted by Crippen LogP contribution is -2.02. The van der Waals surface area contributed by atoms with E-state index in [1.807, 2.05) is 0 Å². The van der Waals surface area contributed by atoms with Gasteiger partial charge in [0.15, 0.2) is 12.0 Å². The van der Waals surface area contributed by atoms with Crippen LogP contribution in [0.4, 0.5) is 0 Å². The van der Waals surface area contributed by atoms with Crippen molar-refractivity contribution in [3.05, 3.63) is 41.5 Å². The molecule has 0 fully saturated rings. The topological polar surface area (TPSA) is 85.1 Å². The van der Waals surface area contributed by atoms with Gasteiger partial charge in [-0.3, -0.25) is 9.78 Å². The van der Waals surface area contributed by atoms with Gasteiger partial charge in [0, 0.05) is 23.5 Å². The van der Waals surface area contributed by atoms with Crippen molar-refractivity contribution in [2.75, 3.05) is 0 Å². The van der Waals surface area contributed by atoms with Crippen LogP contribution in [0.5, 0.6) is 0 Å². The van der Waals surface area contributed by atoms with Crippen molar-refractivity contribution in [1.29, 1.82) is 0 Å². The number of aromatic carboxylic acids is 1. The SMILES string of the molecule is Cc1cn(-c2cncc(C=O)c2)nc1C(=O)O. The fourth-order valence-electron chi connectivity index (χ4n) is 1.44. The molecular formula is C11H9N3O3. The summed E-state index contributed by atoms with van der Waals surface area (Å²) < 4.78 is 1.39. The second-order valence-electron chi connectivity index (χ2n) is 3.50. The van der Waals surface area contributed by atoms with Crippen LogP contribution >= 0.6 is 0 Å². The van der Waals surface area contributed by atoms with Gasteiger partial charge in [0.25, 0.3) is 0 Å². The average Bonchev–Trinajstić information content (AvgIpc) is 2.71. The maximum absolute atomic E-state index is 10.8. The van der Waals surface area contributed by atoms with E-state index in [4.69, 9.17) is 5.11 Å². The molecular weight excluding hydrogens is 222 g/mol. The van der Waals surface area contributed by atoms with E-state index in [9.17, 15) is 9.59 Å². The van der Waals surface area contributed by atoms with E-state index < -0.39 is 5.97 Å². The summed E-state index contributed by atoms with van der Waals surface area (Å²) in [6.45, 7) is 1.66. The molecule has 0 aliphatic heterocycles. The van der Waals surface area contributed by atoms with Gasteiger partial charge in [0.2, 0.25) is 0 Å². The van der Waals surface area contributed by atoms with E-state index in [0.29, 0.717) is 23.1 Å². The van der Waals surface area contributed by atoms with E-state index in [2.05, 4.69) is 10.1 Å². The molecule has 2 aromatic rings. The van der Waals surface area contributed by atoms with Crippen molar-refractivity contribution in [3.8, 4) is 5.69 Å². The largest absolute Gasteiger partial charge is 0.476 e. The van der Waals surface area contributed by atoms with Crippen LogP contribution < -0.4 is 0 Å². The van der Waals surface area contributed by atoms with Crippen LogP contribution in [0, 0.1) is 6.92 Å². The third kappa shape index (κ3) is 2.05. The Kier molecular flexibility index (Phi) is 2.70. The molecule has 0 bridgehead atoms. The minimum Gasteiger partial charge on any atom is -0.476 e. The highest BCUT2D eigenvalue weighted by molar-refractivity contribution is 5.86. The molecule has 0 radical (unpaired) electrons. The van der Waals surface area contributed by atoms with Gasteiger partial charge in [-0.15, -0.1) is 0 Å². The summed E-state index contributed by atoms with van der Waals surface area (Å²) >= 11 is 0. The quantitative estimate of drug-likeness (QED) is 0.799. The van der Waals surface area contributed by atoms with Crippen molar-refractivity contribution >= 4 is 12.3 Å². The average molecular weight is 231 g/mol. The smallest absolute Gasteiger partial charge is 0.356 e. The zero-order valence-electron chi connectivity index (χ0n) is 8.99. The first-order valence-corrected chi connectivity index (χ1v) is 4.82. The van der Waals surface area contributed by atoms with E-state index in [-0.39, 0.29) is 5.69 Å². The number of hydrogen-bond acceptors (Lipinski definition) is 4. The molecule has 1 N–H and O–H groups in total. The molecule has 2 rings (SSSR count). The third-order valence-corrected chi connectivity index (χ3v) is 2.25. The monoisotopic (exact) mass is 231 g/mol. The molecule has 86 valence electrons. The zero-order chi connectivity index (χ0) is 12.4. The number of carbonyl (C=O) groups excluding carboxylic acids is 1. The number of hydrogen-bond donors (Lipinski definition) is 1. The fourth-order valence-corrected chi connectivity index (χ4v) is 1.44. The molecule has 0 spiro atoms. The number of carboxylic acid groups (broad SMARTS) is 1. The maximum atomic E-state index is 10.8. The number of rotatable bonds is 3. The maximum Gasteiger partial charge on any atom is 0.356 e.